The molecule has 0 saturated carbocycles. The number of aryl methyl sites for hydroxylation is 2. The zero-order valence-corrected chi connectivity index (χ0v) is 16.7. The summed E-state index contributed by atoms with van der Waals surface area (Å²) in [4.78, 5) is 14.8. The average molecular weight is 384 g/mol. The van der Waals surface area contributed by atoms with Crippen LogP contribution >= 0.6 is 0 Å². The molecule has 0 aliphatic carbocycles. The molecule has 2 saturated heterocycles. The summed E-state index contributed by atoms with van der Waals surface area (Å²) in [5.41, 5.74) is 3.28. The third-order valence-corrected chi connectivity index (χ3v) is 6.21. The van der Waals surface area contributed by atoms with Gasteiger partial charge in [-0.15, -0.1) is 0 Å². The standard InChI is InChI=1S/C22H29FN4O/c1-15-17(13-26(2)25-15)14-27-19(11-16-6-5-7-18(23)10-16)12-20-21(27)8-3-4-9-22(28)24-20/h5-7,10,13,19-21H,3-4,8-9,11-12,14H2,1-2H3,(H,24,28)/t19-,20+,21-/m1/s1. The maximum Gasteiger partial charge on any atom is 0.220 e. The predicted octanol–water partition coefficient (Wildman–Crippen LogP) is 3.11. The Bertz CT molecular complexity index is 849. The molecule has 2 aromatic rings. The van der Waals surface area contributed by atoms with Crippen LogP contribution in [-0.2, 0) is 24.8 Å². The minimum absolute atomic E-state index is 0.165. The number of nitrogens with one attached hydrogen (secondary N) is 1. The minimum atomic E-state index is -0.190. The summed E-state index contributed by atoms with van der Waals surface area (Å²) in [7, 11) is 1.95. The number of amides is 1. The maximum absolute atomic E-state index is 13.7. The maximum atomic E-state index is 13.7. The van der Waals surface area contributed by atoms with Gasteiger partial charge in [-0.25, -0.2) is 4.39 Å². The van der Waals surface area contributed by atoms with Crippen LogP contribution in [0.3, 0.4) is 0 Å². The van der Waals surface area contributed by atoms with E-state index in [1.165, 1.54) is 11.6 Å². The lowest BCUT2D eigenvalue weighted by atomic mass is 9.97. The van der Waals surface area contributed by atoms with E-state index in [1.54, 1.807) is 12.1 Å². The van der Waals surface area contributed by atoms with Crippen molar-refractivity contribution in [2.24, 2.45) is 7.05 Å². The van der Waals surface area contributed by atoms with Crippen molar-refractivity contribution in [3.8, 4) is 0 Å². The summed E-state index contributed by atoms with van der Waals surface area (Å²) in [6.45, 7) is 2.86. The van der Waals surface area contributed by atoms with Gasteiger partial charge in [0.15, 0.2) is 0 Å². The second kappa shape index (κ2) is 8.03. The van der Waals surface area contributed by atoms with Crippen molar-refractivity contribution < 1.29 is 9.18 Å². The van der Waals surface area contributed by atoms with E-state index >= 15 is 0 Å². The normalized spacial score (nSPS) is 25.8. The number of fused-ring (bicyclic) bond motifs is 1. The van der Waals surface area contributed by atoms with E-state index in [1.807, 2.05) is 24.7 Å². The molecule has 0 bridgehead atoms. The molecule has 1 aromatic heterocycles. The van der Waals surface area contributed by atoms with Gasteiger partial charge < -0.3 is 5.32 Å². The van der Waals surface area contributed by atoms with Gasteiger partial charge in [0.2, 0.25) is 5.91 Å². The van der Waals surface area contributed by atoms with E-state index in [4.69, 9.17) is 0 Å². The van der Waals surface area contributed by atoms with E-state index in [9.17, 15) is 9.18 Å². The summed E-state index contributed by atoms with van der Waals surface area (Å²) in [6, 6.07) is 7.66. The minimum Gasteiger partial charge on any atom is -0.352 e. The lowest BCUT2D eigenvalue weighted by Crippen LogP contribution is -2.46. The second-order valence-electron chi connectivity index (χ2n) is 8.30. The van der Waals surface area contributed by atoms with Crippen molar-refractivity contribution in [2.45, 2.75) is 70.1 Å². The average Bonchev–Trinajstić information content (AvgIpc) is 3.09. The van der Waals surface area contributed by atoms with E-state index < -0.39 is 0 Å². The smallest absolute Gasteiger partial charge is 0.220 e. The lowest BCUT2D eigenvalue weighted by molar-refractivity contribution is -0.122. The highest BCUT2D eigenvalue weighted by Crippen LogP contribution is 2.33. The van der Waals surface area contributed by atoms with Gasteiger partial charge in [0.05, 0.1) is 5.69 Å². The van der Waals surface area contributed by atoms with Crippen molar-refractivity contribution in [3.05, 3.63) is 53.1 Å². The van der Waals surface area contributed by atoms with Gasteiger partial charge >= 0.3 is 0 Å². The predicted molar refractivity (Wildman–Crippen MR) is 106 cm³/mol. The number of benzene rings is 1. The summed E-state index contributed by atoms with van der Waals surface area (Å²) >= 11 is 0. The number of likely N-dealkylation sites (tertiary alicyclic amines) is 1. The largest absolute Gasteiger partial charge is 0.352 e. The van der Waals surface area contributed by atoms with Gasteiger partial charge in [0.25, 0.3) is 0 Å². The van der Waals surface area contributed by atoms with Crippen molar-refractivity contribution in [1.82, 2.24) is 20.0 Å². The zero-order valence-electron chi connectivity index (χ0n) is 16.7. The Morgan fingerprint density at radius 3 is 2.93 bits per heavy atom. The molecule has 2 fully saturated rings. The molecular weight excluding hydrogens is 355 g/mol. The van der Waals surface area contributed by atoms with E-state index in [0.29, 0.717) is 12.5 Å². The van der Waals surface area contributed by atoms with E-state index in [2.05, 4.69) is 21.5 Å². The topological polar surface area (TPSA) is 50.2 Å². The third kappa shape index (κ3) is 4.12. The van der Waals surface area contributed by atoms with Gasteiger partial charge in [0.1, 0.15) is 5.82 Å². The molecule has 1 N–H and O–H groups in total. The first-order valence-corrected chi connectivity index (χ1v) is 10.3. The molecule has 2 aliphatic heterocycles. The van der Waals surface area contributed by atoms with Crippen molar-refractivity contribution >= 4 is 5.91 Å². The number of hydrogen-bond acceptors (Lipinski definition) is 3. The summed E-state index contributed by atoms with van der Waals surface area (Å²) in [5.74, 6) is -0.0249. The number of rotatable bonds is 4. The van der Waals surface area contributed by atoms with Crippen molar-refractivity contribution in [1.29, 1.82) is 0 Å². The van der Waals surface area contributed by atoms with Crippen LogP contribution in [0.4, 0.5) is 4.39 Å². The van der Waals surface area contributed by atoms with Gasteiger partial charge in [-0.2, -0.15) is 5.10 Å². The molecule has 4 rings (SSSR count). The first-order valence-electron chi connectivity index (χ1n) is 10.3. The number of nitrogens with zero attached hydrogens (tertiary/aromatic N) is 3. The molecule has 6 heteroatoms. The number of hydrogen-bond donors (Lipinski definition) is 1. The third-order valence-electron chi connectivity index (χ3n) is 6.21. The van der Waals surface area contributed by atoms with Crippen LogP contribution in [0.15, 0.2) is 30.5 Å². The number of aromatic nitrogens is 2. The van der Waals surface area contributed by atoms with Crippen LogP contribution in [0.5, 0.6) is 0 Å². The second-order valence-corrected chi connectivity index (χ2v) is 8.30. The monoisotopic (exact) mass is 384 g/mol. The van der Waals surface area contributed by atoms with Crippen LogP contribution in [-0.4, -0.2) is 38.7 Å². The Morgan fingerprint density at radius 1 is 1.32 bits per heavy atom. The summed E-state index contributed by atoms with van der Waals surface area (Å²) in [6.07, 6.45) is 7.52. The molecule has 2 aliphatic rings. The Kier molecular flexibility index (Phi) is 5.49. The molecule has 0 unspecified atom stereocenters. The summed E-state index contributed by atoms with van der Waals surface area (Å²) < 4.78 is 15.6. The Balaban J connectivity index is 1.61. The number of carbonyl (C=O) groups excluding carboxylic acids is 1. The van der Waals surface area contributed by atoms with E-state index in [0.717, 1.165) is 49.9 Å². The lowest BCUT2D eigenvalue weighted by Gasteiger charge is -2.33. The van der Waals surface area contributed by atoms with E-state index in [-0.39, 0.29) is 23.8 Å². The molecule has 1 aromatic carbocycles. The number of halogens is 1. The Hall–Kier alpha value is -2.21. The molecular formula is C22H29FN4O. The fourth-order valence-electron chi connectivity index (χ4n) is 4.91. The van der Waals surface area contributed by atoms with Crippen LogP contribution in [0.25, 0.3) is 0 Å². The first kappa shape index (κ1) is 19.1. The van der Waals surface area contributed by atoms with Crippen LogP contribution in [0.2, 0.25) is 0 Å². The highest BCUT2D eigenvalue weighted by atomic mass is 19.1. The molecule has 5 nitrogen and oxygen atoms in total. The van der Waals surface area contributed by atoms with Gasteiger partial charge in [0, 0.05) is 49.9 Å². The Morgan fingerprint density at radius 2 is 2.18 bits per heavy atom. The molecule has 3 atom stereocenters. The fourth-order valence-corrected chi connectivity index (χ4v) is 4.91. The quantitative estimate of drug-likeness (QED) is 0.881. The zero-order chi connectivity index (χ0) is 19.7. The van der Waals surface area contributed by atoms with Crippen molar-refractivity contribution in [2.75, 3.05) is 0 Å². The highest BCUT2D eigenvalue weighted by molar-refractivity contribution is 5.76. The van der Waals surface area contributed by atoms with Crippen LogP contribution < -0.4 is 5.32 Å². The van der Waals surface area contributed by atoms with Gasteiger partial charge in [-0.1, -0.05) is 18.6 Å². The molecule has 3 heterocycles. The molecule has 28 heavy (non-hydrogen) atoms. The summed E-state index contributed by atoms with van der Waals surface area (Å²) in [5, 5.41) is 7.76. The fraction of sp³-hybridized carbons (Fsp3) is 0.545. The first-order chi connectivity index (χ1) is 13.5. The molecule has 0 spiro atoms. The molecule has 150 valence electrons. The van der Waals surface area contributed by atoms with Crippen LogP contribution in [0, 0.1) is 12.7 Å². The van der Waals surface area contributed by atoms with Gasteiger partial charge in [-0.05, 0) is 50.3 Å². The van der Waals surface area contributed by atoms with Gasteiger partial charge in [-0.3, -0.25) is 14.4 Å². The van der Waals surface area contributed by atoms with Crippen LogP contribution in [0.1, 0.15) is 48.9 Å². The Labute approximate surface area is 165 Å². The molecule has 1 amide bonds. The SMILES string of the molecule is Cc1nn(C)cc1CN1[C@H](Cc2cccc(F)c2)C[C@@H]2NC(=O)CCCC[C@H]21. The highest BCUT2D eigenvalue weighted by Gasteiger charge is 2.42. The number of carbonyl (C=O) groups is 1. The van der Waals surface area contributed by atoms with Crippen molar-refractivity contribution in [3.63, 3.8) is 0 Å². The molecule has 0 radical (unpaired) electrons.